The average molecular weight is 349 g/mol. The zero-order valence-corrected chi connectivity index (χ0v) is 12.4. The van der Waals surface area contributed by atoms with Gasteiger partial charge in [0.15, 0.2) is 0 Å². The molecule has 21 heavy (non-hydrogen) atoms. The summed E-state index contributed by atoms with van der Waals surface area (Å²) in [5.74, 6) is -0.640. The molecular weight excluding hydrogens is 339 g/mol. The predicted octanol–water partition coefficient (Wildman–Crippen LogP) is 2.64. The second kappa shape index (κ2) is 5.29. The van der Waals surface area contributed by atoms with Crippen molar-refractivity contribution in [3.8, 4) is 0 Å². The van der Waals surface area contributed by atoms with Crippen LogP contribution in [0.4, 0.5) is 4.39 Å². The molecule has 1 heterocycles. The summed E-state index contributed by atoms with van der Waals surface area (Å²) in [7, 11) is 0. The van der Waals surface area contributed by atoms with Crippen molar-refractivity contribution in [1.82, 2.24) is 9.55 Å². The molecule has 2 aromatic carbocycles. The Balaban J connectivity index is 2.19. The molecule has 0 amide bonds. The second-order valence-corrected chi connectivity index (χ2v) is 5.53. The number of rotatable bonds is 2. The van der Waals surface area contributed by atoms with Gasteiger partial charge in [0.05, 0.1) is 17.4 Å². The Morgan fingerprint density at radius 3 is 2.52 bits per heavy atom. The number of aromatic nitrogens is 2. The third-order valence-corrected chi connectivity index (χ3v) is 3.74. The lowest BCUT2D eigenvalue weighted by Crippen LogP contribution is -2.35. The SMILES string of the molecule is O=c1[nH]c2cccc(F)c2c(=O)n1Cc1ccc(Br)cc1. The number of aromatic amines is 1. The Hall–Kier alpha value is -2.21. The number of benzene rings is 2. The highest BCUT2D eigenvalue weighted by atomic mass is 79.9. The van der Waals surface area contributed by atoms with Crippen LogP contribution in [0.25, 0.3) is 10.9 Å². The van der Waals surface area contributed by atoms with Gasteiger partial charge in [0, 0.05) is 4.47 Å². The Kier molecular flexibility index (Phi) is 3.47. The first kappa shape index (κ1) is 13.8. The van der Waals surface area contributed by atoms with Crippen LogP contribution in [0.3, 0.4) is 0 Å². The van der Waals surface area contributed by atoms with E-state index in [2.05, 4.69) is 20.9 Å². The Morgan fingerprint density at radius 1 is 1.10 bits per heavy atom. The molecule has 0 saturated heterocycles. The molecule has 0 aliphatic carbocycles. The van der Waals surface area contributed by atoms with E-state index in [0.29, 0.717) is 0 Å². The molecule has 0 fully saturated rings. The molecule has 0 saturated carbocycles. The van der Waals surface area contributed by atoms with Crippen molar-refractivity contribution in [2.45, 2.75) is 6.54 Å². The van der Waals surface area contributed by atoms with E-state index in [4.69, 9.17) is 0 Å². The fraction of sp³-hybridized carbons (Fsp3) is 0.0667. The maximum Gasteiger partial charge on any atom is 0.329 e. The van der Waals surface area contributed by atoms with Crippen molar-refractivity contribution >= 4 is 26.8 Å². The van der Waals surface area contributed by atoms with Crippen molar-refractivity contribution in [3.05, 3.63) is 79.2 Å². The van der Waals surface area contributed by atoms with E-state index < -0.39 is 17.1 Å². The Bertz CT molecular complexity index is 929. The summed E-state index contributed by atoms with van der Waals surface area (Å²) in [6.07, 6.45) is 0. The minimum atomic E-state index is -0.640. The van der Waals surface area contributed by atoms with Gasteiger partial charge < -0.3 is 4.98 Å². The van der Waals surface area contributed by atoms with Gasteiger partial charge >= 0.3 is 5.69 Å². The first-order chi connectivity index (χ1) is 10.1. The van der Waals surface area contributed by atoms with E-state index in [1.54, 1.807) is 12.1 Å². The van der Waals surface area contributed by atoms with Crippen LogP contribution in [0.2, 0.25) is 0 Å². The summed E-state index contributed by atoms with van der Waals surface area (Å²) in [6, 6.07) is 11.4. The largest absolute Gasteiger partial charge is 0.329 e. The van der Waals surface area contributed by atoms with E-state index >= 15 is 0 Å². The molecule has 6 heteroatoms. The fourth-order valence-corrected chi connectivity index (χ4v) is 2.44. The molecule has 3 aromatic rings. The lowest BCUT2D eigenvalue weighted by Gasteiger charge is -2.07. The van der Waals surface area contributed by atoms with Gasteiger partial charge in [-0.25, -0.2) is 9.18 Å². The number of nitrogens with one attached hydrogen (secondary N) is 1. The fourth-order valence-electron chi connectivity index (χ4n) is 2.17. The highest BCUT2D eigenvalue weighted by Crippen LogP contribution is 2.12. The van der Waals surface area contributed by atoms with Crippen LogP contribution in [0.15, 0.2) is 56.5 Å². The van der Waals surface area contributed by atoms with Crippen molar-refractivity contribution in [2.24, 2.45) is 0 Å². The highest BCUT2D eigenvalue weighted by Gasteiger charge is 2.11. The zero-order chi connectivity index (χ0) is 15.0. The van der Waals surface area contributed by atoms with Gasteiger partial charge in [-0.15, -0.1) is 0 Å². The van der Waals surface area contributed by atoms with Gasteiger partial charge in [-0.2, -0.15) is 0 Å². The van der Waals surface area contributed by atoms with Gasteiger partial charge in [-0.1, -0.05) is 34.1 Å². The summed E-state index contributed by atoms with van der Waals surface area (Å²) in [6.45, 7) is 0.0890. The van der Waals surface area contributed by atoms with E-state index in [1.165, 1.54) is 18.2 Å². The van der Waals surface area contributed by atoms with Crippen LogP contribution in [0.1, 0.15) is 5.56 Å². The summed E-state index contributed by atoms with van der Waals surface area (Å²) < 4.78 is 15.7. The van der Waals surface area contributed by atoms with Gasteiger partial charge in [-0.05, 0) is 29.8 Å². The normalized spacial score (nSPS) is 11.0. The standard InChI is InChI=1S/C15H10BrFN2O2/c16-10-6-4-9(5-7-10)8-19-14(20)13-11(17)2-1-3-12(13)18-15(19)21/h1-7H,8H2,(H,18,21). The van der Waals surface area contributed by atoms with Gasteiger partial charge in [0.2, 0.25) is 0 Å². The third kappa shape index (κ3) is 2.54. The van der Waals surface area contributed by atoms with Crippen LogP contribution in [0, 0.1) is 5.82 Å². The third-order valence-electron chi connectivity index (χ3n) is 3.21. The number of hydrogen-bond donors (Lipinski definition) is 1. The van der Waals surface area contributed by atoms with Gasteiger partial charge in [-0.3, -0.25) is 9.36 Å². The number of H-pyrrole nitrogens is 1. The lowest BCUT2D eigenvalue weighted by atomic mass is 10.2. The smallest absolute Gasteiger partial charge is 0.307 e. The first-order valence-corrected chi connectivity index (χ1v) is 7.01. The molecule has 1 N–H and O–H groups in total. The maximum absolute atomic E-state index is 13.8. The van der Waals surface area contributed by atoms with Crippen LogP contribution in [0.5, 0.6) is 0 Å². The quantitative estimate of drug-likeness (QED) is 0.773. The van der Waals surface area contributed by atoms with Gasteiger partial charge in [0.1, 0.15) is 5.82 Å². The molecule has 4 nitrogen and oxygen atoms in total. The molecule has 0 bridgehead atoms. The molecule has 106 valence electrons. The van der Waals surface area contributed by atoms with Crippen LogP contribution in [-0.4, -0.2) is 9.55 Å². The minimum absolute atomic E-state index is 0.0890. The van der Waals surface area contributed by atoms with Crippen LogP contribution in [-0.2, 0) is 6.54 Å². The molecule has 0 unspecified atom stereocenters. The monoisotopic (exact) mass is 348 g/mol. The molecule has 0 aliphatic rings. The topological polar surface area (TPSA) is 54.9 Å². The summed E-state index contributed by atoms with van der Waals surface area (Å²) in [4.78, 5) is 26.9. The van der Waals surface area contributed by atoms with Crippen molar-refractivity contribution in [2.75, 3.05) is 0 Å². The van der Waals surface area contributed by atoms with E-state index in [0.717, 1.165) is 14.6 Å². The summed E-state index contributed by atoms with van der Waals surface area (Å²) in [5.41, 5.74) is -0.200. The molecule has 3 rings (SSSR count). The maximum atomic E-state index is 13.8. The predicted molar refractivity (Wildman–Crippen MR) is 82.0 cm³/mol. The molecule has 0 atom stereocenters. The van der Waals surface area contributed by atoms with E-state index in [9.17, 15) is 14.0 Å². The van der Waals surface area contributed by atoms with Crippen molar-refractivity contribution < 1.29 is 4.39 Å². The number of halogens is 2. The Morgan fingerprint density at radius 2 is 1.81 bits per heavy atom. The zero-order valence-electron chi connectivity index (χ0n) is 10.8. The van der Waals surface area contributed by atoms with E-state index in [1.807, 2.05) is 12.1 Å². The summed E-state index contributed by atoms with van der Waals surface area (Å²) >= 11 is 3.32. The number of fused-ring (bicyclic) bond motifs is 1. The molecule has 0 aliphatic heterocycles. The summed E-state index contributed by atoms with van der Waals surface area (Å²) in [5, 5.41) is -0.103. The number of hydrogen-bond acceptors (Lipinski definition) is 2. The van der Waals surface area contributed by atoms with Crippen LogP contribution >= 0.6 is 15.9 Å². The van der Waals surface area contributed by atoms with Crippen LogP contribution < -0.4 is 11.2 Å². The average Bonchev–Trinajstić information content (AvgIpc) is 2.45. The molecule has 0 spiro atoms. The van der Waals surface area contributed by atoms with Gasteiger partial charge in [0.25, 0.3) is 5.56 Å². The molecule has 0 radical (unpaired) electrons. The lowest BCUT2D eigenvalue weighted by molar-refractivity contribution is 0.632. The number of nitrogens with zero attached hydrogens (tertiary/aromatic N) is 1. The van der Waals surface area contributed by atoms with Crippen molar-refractivity contribution in [1.29, 1.82) is 0 Å². The molecule has 1 aromatic heterocycles. The Labute approximate surface area is 127 Å². The highest BCUT2D eigenvalue weighted by molar-refractivity contribution is 9.10. The van der Waals surface area contributed by atoms with Crippen molar-refractivity contribution in [3.63, 3.8) is 0 Å². The molecular formula is C15H10BrFN2O2. The second-order valence-electron chi connectivity index (χ2n) is 4.61. The minimum Gasteiger partial charge on any atom is -0.307 e. The first-order valence-electron chi connectivity index (χ1n) is 6.22. The van der Waals surface area contributed by atoms with E-state index in [-0.39, 0.29) is 17.4 Å².